The number of anilines is 1. The Labute approximate surface area is 154 Å². The van der Waals surface area contributed by atoms with E-state index in [9.17, 15) is 4.79 Å². The van der Waals surface area contributed by atoms with Crippen LogP contribution in [-0.2, 0) is 4.74 Å². The third-order valence-electron chi connectivity index (χ3n) is 4.67. The van der Waals surface area contributed by atoms with Crippen molar-refractivity contribution in [3.05, 3.63) is 41.6 Å². The molecule has 1 fully saturated rings. The number of nitrogens with zero attached hydrogens (tertiary/aromatic N) is 4. The lowest BCUT2D eigenvalue weighted by Crippen LogP contribution is -2.39. The highest BCUT2D eigenvalue weighted by Gasteiger charge is 2.24. The largest absolute Gasteiger partial charge is 0.378 e. The molecule has 1 amide bonds. The predicted molar refractivity (Wildman–Crippen MR) is 102 cm³/mol. The van der Waals surface area contributed by atoms with Gasteiger partial charge in [-0.25, -0.2) is 9.97 Å². The van der Waals surface area contributed by atoms with E-state index in [-0.39, 0.29) is 5.91 Å². The van der Waals surface area contributed by atoms with E-state index in [1.807, 2.05) is 38.1 Å². The Balaban J connectivity index is 2.03. The van der Waals surface area contributed by atoms with Gasteiger partial charge in [-0.05, 0) is 20.8 Å². The van der Waals surface area contributed by atoms with Gasteiger partial charge < -0.3 is 14.5 Å². The predicted octanol–water partition coefficient (Wildman–Crippen LogP) is 2.77. The first-order chi connectivity index (χ1) is 12.6. The summed E-state index contributed by atoms with van der Waals surface area (Å²) in [7, 11) is 0. The van der Waals surface area contributed by atoms with Crippen molar-refractivity contribution < 1.29 is 9.53 Å². The van der Waals surface area contributed by atoms with Crippen LogP contribution in [0.1, 0.15) is 29.8 Å². The number of rotatable bonds is 5. The van der Waals surface area contributed by atoms with Crippen LogP contribution in [0.2, 0.25) is 0 Å². The molecule has 0 N–H and O–H groups in total. The normalized spacial score (nSPS) is 14.3. The van der Waals surface area contributed by atoms with Crippen molar-refractivity contribution >= 4 is 11.7 Å². The van der Waals surface area contributed by atoms with Crippen molar-refractivity contribution in [3.63, 3.8) is 0 Å². The Bertz CT molecular complexity index is 751. The summed E-state index contributed by atoms with van der Waals surface area (Å²) in [4.78, 5) is 26.1. The Morgan fingerprint density at radius 3 is 2.42 bits per heavy atom. The van der Waals surface area contributed by atoms with Crippen molar-refractivity contribution in [1.29, 1.82) is 0 Å². The molecule has 1 aromatic heterocycles. The first-order valence-corrected chi connectivity index (χ1v) is 9.20. The molecule has 26 heavy (non-hydrogen) atoms. The Hall–Kier alpha value is -2.47. The molecule has 3 rings (SSSR count). The summed E-state index contributed by atoms with van der Waals surface area (Å²) >= 11 is 0. The van der Waals surface area contributed by atoms with Crippen LogP contribution in [0.5, 0.6) is 0 Å². The smallest absolute Gasteiger partial charge is 0.259 e. The van der Waals surface area contributed by atoms with Crippen LogP contribution in [-0.4, -0.2) is 60.2 Å². The minimum absolute atomic E-state index is 0.0213. The summed E-state index contributed by atoms with van der Waals surface area (Å²) in [6.45, 7) is 10.1. The maximum Gasteiger partial charge on any atom is 0.259 e. The number of carbonyl (C=O) groups is 1. The summed E-state index contributed by atoms with van der Waals surface area (Å²) in [5.74, 6) is 1.32. The quantitative estimate of drug-likeness (QED) is 0.826. The van der Waals surface area contributed by atoms with E-state index in [4.69, 9.17) is 9.72 Å². The van der Waals surface area contributed by atoms with Crippen LogP contribution in [0.15, 0.2) is 30.5 Å². The van der Waals surface area contributed by atoms with Gasteiger partial charge in [0.2, 0.25) is 0 Å². The van der Waals surface area contributed by atoms with Crippen LogP contribution in [0, 0.1) is 6.92 Å². The van der Waals surface area contributed by atoms with E-state index in [1.54, 1.807) is 11.1 Å². The molecule has 0 atom stereocenters. The number of aryl methyl sites for hydroxylation is 1. The van der Waals surface area contributed by atoms with Crippen molar-refractivity contribution in [2.24, 2.45) is 0 Å². The molecule has 0 bridgehead atoms. The molecule has 6 heteroatoms. The molecule has 0 saturated carbocycles. The molecule has 1 aliphatic rings. The number of carbonyl (C=O) groups excluding carboxylic acids is 1. The molecule has 138 valence electrons. The fraction of sp³-hybridized carbons (Fsp3) is 0.450. The highest BCUT2D eigenvalue weighted by atomic mass is 16.5. The minimum Gasteiger partial charge on any atom is -0.378 e. The van der Waals surface area contributed by atoms with Gasteiger partial charge in [-0.2, -0.15) is 0 Å². The number of benzene rings is 1. The Kier molecular flexibility index (Phi) is 5.83. The second kappa shape index (κ2) is 8.27. The molecule has 0 radical (unpaired) electrons. The second-order valence-corrected chi connectivity index (χ2v) is 6.37. The van der Waals surface area contributed by atoms with Crippen LogP contribution < -0.4 is 4.90 Å². The third-order valence-corrected chi connectivity index (χ3v) is 4.67. The number of morpholine rings is 1. The lowest BCUT2D eigenvalue weighted by molar-refractivity contribution is 0.0771. The Morgan fingerprint density at radius 1 is 1.15 bits per heavy atom. The molecule has 6 nitrogen and oxygen atoms in total. The van der Waals surface area contributed by atoms with Gasteiger partial charge in [0.1, 0.15) is 11.4 Å². The van der Waals surface area contributed by atoms with Crippen LogP contribution in [0.3, 0.4) is 0 Å². The number of amides is 1. The summed E-state index contributed by atoms with van der Waals surface area (Å²) < 4.78 is 5.46. The fourth-order valence-corrected chi connectivity index (χ4v) is 3.06. The highest BCUT2D eigenvalue weighted by Crippen LogP contribution is 2.24. The topological polar surface area (TPSA) is 58.6 Å². The minimum atomic E-state index is -0.0213. The number of hydrogen-bond acceptors (Lipinski definition) is 5. The zero-order chi connectivity index (χ0) is 18.5. The Morgan fingerprint density at radius 2 is 1.81 bits per heavy atom. The maximum atomic E-state index is 13.0. The van der Waals surface area contributed by atoms with E-state index in [0.717, 1.165) is 18.7 Å². The first kappa shape index (κ1) is 18.3. The molecule has 0 aliphatic carbocycles. The van der Waals surface area contributed by atoms with Gasteiger partial charge in [-0.15, -0.1) is 0 Å². The van der Waals surface area contributed by atoms with Crippen LogP contribution >= 0.6 is 0 Å². The molecular weight excluding hydrogens is 328 g/mol. The molecule has 0 spiro atoms. The van der Waals surface area contributed by atoms with E-state index in [0.29, 0.717) is 43.5 Å². The lowest BCUT2D eigenvalue weighted by atomic mass is 10.1. The van der Waals surface area contributed by atoms with E-state index >= 15 is 0 Å². The average molecular weight is 354 g/mol. The summed E-state index contributed by atoms with van der Waals surface area (Å²) in [5.41, 5.74) is 2.70. The van der Waals surface area contributed by atoms with Crippen molar-refractivity contribution in [2.45, 2.75) is 20.8 Å². The SMILES string of the molecule is CCN(CC)C(=O)c1cnc(-c2ccc(C)cc2)nc1N1CCOCC1. The zero-order valence-corrected chi connectivity index (χ0v) is 15.7. The summed E-state index contributed by atoms with van der Waals surface area (Å²) in [6, 6.07) is 8.11. The zero-order valence-electron chi connectivity index (χ0n) is 15.7. The molecular formula is C20H26N4O2. The standard InChI is InChI=1S/C20H26N4O2/c1-4-23(5-2)20(25)17-14-21-18(16-8-6-15(3)7-9-16)22-19(17)24-10-12-26-13-11-24/h6-9,14H,4-5,10-13H2,1-3H3. The van der Waals surface area contributed by atoms with Gasteiger partial charge in [-0.1, -0.05) is 29.8 Å². The first-order valence-electron chi connectivity index (χ1n) is 9.20. The monoisotopic (exact) mass is 354 g/mol. The highest BCUT2D eigenvalue weighted by molar-refractivity contribution is 5.99. The van der Waals surface area contributed by atoms with Crippen LogP contribution in [0.4, 0.5) is 5.82 Å². The van der Waals surface area contributed by atoms with Gasteiger partial charge in [0.25, 0.3) is 5.91 Å². The second-order valence-electron chi connectivity index (χ2n) is 6.37. The maximum absolute atomic E-state index is 13.0. The molecule has 2 heterocycles. The number of aromatic nitrogens is 2. The molecule has 1 saturated heterocycles. The summed E-state index contributed by atoms with van der Waals surface area (Å²) in [6.07, 6.45) is 1.67. The van der Waals surface area contributed by atoms with Gasteiger partial charge >= 0.3 is 0 Å². The van der Waals surface area contributed by atoms with E-state index < -0.39 is 0 Å². The van der Waals surface area contributed by atoms with Gasteiger partial charge in [0.05, 0.1) is 13.2 Å². The molecule has 1 aliphatic heterocycles. The third kappa shape index (κ3) is 3.85. The summed E-state index contributed by atoms with van der Waals surface area (Å²) in [5, 5.41) is 0. The molecule has 1 aromatic carbocycles. The van der Waals surface area contributed by atoms with Gasteiger partial charge in [0, 0.05) is 37.9 Å². The fourth-order valence-electron chi connectivity index (χ4n) is 3.06. The van der Waals surface area contributed by atoms with E-state index in [1.165, 1.54) is 5.56 Å². The molecule has 0 unspecified atom stereocenters. The van der Waals surface area contributed by atoms with Crippen molar-refractivity contribution in [1.82, 2.24) is 14.9 Å². The van der Waals surface area contributed by atoms with Gasteiger partial charge in [0.15, 0.2) is 5.82 Å². The number of ether oxygens (including phenoxy) is 1. The van der Waals surface area contributed by atoms with Gasteiger partial charge in [-0.3, -0.25) is 4.79 Å². The lowest BCUT2D eigenvalue weighted by Gasteiger charge is -2.30. The van der Waals surface area contributed by atoms with Crippen LogP contribution in [0.25, 0.3) is 11.4 Å². The van der Waals surface area contributed by atoms with Crippen molar-refractivity contribution in [3.8, 4) is 11.4 Å². The average Bonchev–Trinajstić information content (AvgIpc) is 2.69. The number of hydrogen-bond donors (Lipinski definition) is 0. The van der Waals surface area contributed by atoms with E-state index in [2.05, 4.69) is 16.8 Å². The van der Waals surface area contributed by atoms with Crippen molar-refractivity contribution in [2.75, 3.05) is 44.3 Å². The molecule has 2 aromatic rings.